The van der Waals surface area contributed by atoms with E-state index in [1.165, 1.54) is 11.1 Å². The number of nitrogens with one attached hydrogen (secondary N) is 2. The number of aromatic nitrogens is 3. The van der Waals surface area contributed by atoms with E-state index in [0.717, 1.165) is 29.5 Å². The Kier molecular flexibility index (Phi) is 5.75. The van der Waals surface area contributed by atoms with Gasteiger partial charge in [-0.05, 0) is 69.0 Å². The van der Waals surface area contributed by atoms with Crippen molar-refractivity contribution in [3.8, 4) is 11.1 Å². The topological polar surface area (TPSA) is 113 Å². The summed E-state index contributed by atoms with van der Waals surface area (Å²) in [6, 6.07) is 8.11. The van der Waals surface area contributed by atoms with Crippen LogP contribution in [0.15, 0.2) is 42.7 Å². The average molecular weight is 436 g/mol. The van der Waals surface area contributed by atoms with Crippen molar-refractivity contribution < 1.29 is 9.18 Å². The van der Waals surface area contributed by atoms with Crippen LogP contribution in [-0.2, 0) is 0 Å². The summed E-state index contributed by atoms with van der Waals surface area (Å²) in [6.07, 6.45) is 5.90. The molecule has 8 nitrogen and oxygen atoms in total. The summed E-state index contributed by atoms with van der Waals surface area (Å²) in [4.78, 5) is 17.2. The number of amides is 1. The first-order chi connectivity index (χ1) is 15.2. The molecule has 0 radical (unpaired) electrons. The maximum Gasteiger partial charge on any atom is 0.259 e. The van der Waals surface area contributed by atoms with E-state index in [4.69, 9.17) is 11.3 Å². The van der Waals surface area contributed by atoms with Gasteiger partial charge in [-0.1, -0.05) is 6.07 Å². The zero-order chi connectivity index (χ0) is 23.0. The van der Waals surface area contributed by atoms with E-state index in [1.807, 2.05) is 24.7 Å². The van der Waals surface area contributed by atoms with Gasteiger partial charge in [-0.3, -0.25) is 19.9 Å². The maximum absolute atomic E-state index is 14.7. The summed E-state index contributed by atoms with van der Waals surface area (Å²) >= 11 is 0. The van der Waals surface area contributed by atoms with Crippen LogP contribution in [0.2, 0.25) is 0 Å². The number of amidine groups is 1. The number of rotatable bonds is 6. The number of halogens is 1. The van der Waals surface area contributed by atoms with Gasteiger partial charge in [0.1, 0.15) is 17.3 Å². The number of hydrazine groups is 1. The lowest BCUT2D eigenvalue weighted by Gasteiger charge is -2.23. The fraction of sp³-hybridized carbons (Fsp3) is 0.304. The molecule has 0 bridgehead atoms. The van der Waals surface area contributed by atoms with Gasteiger partial charge in [-0.2, -0.15) is 5.10 Å². The summed E-state index contributed by atoms with van der Waals surface area (Å²) in [7, 11) is 0. The second kappa shape index (κ2) is 8.51. The van der Waals surface area contributed by atoms with E-state index in [1.54, 1.807) is 37.4 Å². The highest BCUT2D eigenvalue weighted by Gasteiger charge is 2.25. The highest BCUT2D eigenvalue weighted by molar-refractivity contribution is 6.05. The molecular weight excluding hydrogens is 409 g/mol. The van der Waals surface area contributed by atoms with Crippen molar-refractivity contribution in [1.29, 1.82) is 5.41 Å². The molecule has 2 aromatic heterocycles. The molecule has 0 saturated heterocycles. The van der Waals surface area contributed by atoms with Gasteiger partial charge in [0.15, 0.2) is 5.84 Å². The van der Waals surface area contributed by atoms with Gasteiger partial charge in [-0.25, -0.2) is 15.2 Å². The largest absolute Gasteiger partial charge is 0.306 e. The first kappa shape index (κ1) is 21.6. The predicted molar refractivity (Wildman–Crippen MR) is 121 cm³/mol. The van der Waals surface area contributed by atoms with Crippen LogP contribution in [0.25, 0.3) is 11.1 Å². The van der Waals surface area contributed by atoms with Crippen molar-refractivity contribution in [1.82, 2.24) is 19.8 Å². The average Bonchev–Trinajstić information content (AvgIpc) is 3.50. The standard InChI is InChI=1S/C23H26FN7O/c1-13(2)31(26)22(25)20-5-4-6-21(28-20)29-23(32)18-10-17(14(3)9-19(18)24)15-11-27-30(12-15)16-7-8-16/h4-6,9-13,16,25H,7-8,26H2,1-3H3,(H,28,29,32). The number of pyridine rings is 1. The molecule has 9 heteroatoms. The van der Waals surface area contributed by atoms with Crippen LogP contribution in [0.5, 0.6) is 0 Å². The van der Waals surface area contributed by atoms with Crippen LogP contribution in [0.1, 0.15) is 54.3 Å². The van der Waals surface area contributed by atoms with Gasteiger partial charge < -0.3 is 5.32 Å². The van der Waals surface area contributed by atoms with Crippen LogP contribution in [0.4, 0.5) is 10.2 Å². The third-order valence-corrected chi connectivity index (χ3v) is 5.44. The van der Waals surface area contributed by atoms with Crippen LogP contribution >= 0.6 is 0 Å². The van der Waals surface area contributed by atoms with E-state index in [2.05, 4.69) is 15.4 Å². The third-order valence-electron chi connectivity index (χ3n) is 5.44. The molecule has 1 aliphatic carbocycles. The quantitative estimate of drug-likeness (QED) is 0.235. The maximum atomic E-state index is 14.7. The zero-order valence-electron chi connectivity index (χ0n) is 18.3. The fourth-order valence-corrected chi connectivity index (χ4v) is 3.38. The van der Waals surface area contributed by atoms with Crippen molar-refractivity contribution >= 4 is 17.6 Å². The molecule has 0 atom stereocenters. The Labute approximate surface area is 185 Å². The molecule has 166 valence electrons. The molecule has 1 aliphatic rings. The molecule has 2 heterocycles. The molecule has 0 aliphatic heterocycles. The molecule has 0 spiro atoms. The molecule has 4 N–H and O–H groups in total. The lowest BCUT2D eigenvalue weighted by Crippen LogP contribution is -2.43. The Balaban J connectivity index is 1.58. The predicted octanol–water partition coefficient (Wildman–Crippen LogP) is 3.89. The highest BCUT2D eigenvalue weighted by Crippen LogP contribution is 2.36. The second-order valence-corrected chi connectivity index (χ2v) is 8.30. The fourth-order valence-electron chi connectivity index (χ4n) is 3.38. The molecule has 1 fully saturated rings. The minimum Gasteiger partial charge on any atom is -0.306 e. The number of hydrogen-bond acceptors (Lipinski definition) is 5. The van der Waals surface area contributed by atoms with Gasteiger partial charge in [0.05, 0.1) is 17.8 Å². The lowest BCUT2D eigenvalue weighted by molar-refractivity contribution is 0.102. The van der Waals surface area contributed by atoms with Crippen LogP contribution < -0.4 is 11.2 Å². The van der Waals surface area contributed by atoms with Crippen molar-refractivity contribution in [2.24, 2.45) is 5.84 Å². The molecule has 1 aromatic carbocycles. The molecule has 1 saturated carbocycles. The number of nitrogens with zero attached hydrogens (tertiary/aromatic N) is 4. The first-order valence-electron chi connectivity index (χ1n) is 10.5. The second-order valence-electron chi connectivity index (χ2n) is 8.30. The Morgan fingerprint density at radius 1 is 1.34 bits per heavy atom. The number of carbonyl (C=O) groups is 1. The van der Waals surface area contributed by atoms with E-state index < -0.39 is 11.7 Å². The number of nitrogens with two attached hydrogens (primary N) is 1. The molecule has 3 aromatic rings. The molecule has 0 unspecified atom stereocenters. The summed E-state index contributed by atoms with van der Waals surface area (Å²) < 4.78 is 16.6. The number of benzene rings is 1. The van der Waals surface area contributed by atoms with Gasteiger partial charge in [0, 0.05) is 17.8 Å². The highest BCUT2D eigenvalue weighted by atomic mass is 19.1. The number of hydrogen-bond donors (Lipinski definition) is 3. The Hall–Kier alpha value is -3.59. The smallest absolute Gasteiger partial charge is 0.259 e. The van der Waals surface area contributed by atoms with E-state index in [9.17, 15) is 9.18 Å². The molecular formula is C23H26FN7O. The van der Waals surface area contributed by atoms with E-state index >= 15 is 0 Å². The Morgan fingerprint density at radius 3 is 2.78 bits per heavy atom. The number of aryl methyl sites for hydroxylation is 1. The van der Waals surface area contributed by atoms with E-state index in [0.29, 0.717) is 11.7 Å². The molecule has 4 rings (SSSR count). The van der Waals surface area contributed by atoms with Gasteiger partial charge in [0.25, 0.3) is 5.91 Å². The molecule has 32 heavy (non-hydrogen) atoms. The summed E-state index contributed by atoms with van der Waals surface area (Å²) in [5, 5.41) is 16.5. The van der Waals surface area contributed by atoms with Gasteiger partial charge in [-0.15, -0.1) is 0 Å². The zero-order valence-corrected chi connectivity index (χ0v) is 18.3. The number of carbonyl (C=O) groups excluding carboxylic acids is 1. The minimum atomic E-state index is -0.622. The lowest BCUT2D eigenvalue weighted by atomic mass is 9.99. The third kappa shape index (κ3) is 4.38. The van der Waals surface area contributed by atoms with Gasteiger partial charge >= 0.3 is 0 Å². The first-order valence-corrected chi connectivity index (χ1v) is 10.5. The van der Waals surface area contributed by atoms with Crippen LogP contribution in [-0.4, -0.2) is 37.6 Å². The SMILES string of the molecule is Cc1cc(F)c(C(=O)Nc2cccc(C(=N)N(N)C(C)C)n2)cc1-c1cnn(C2CC2)c1. The van der Waals surface area contributed by atoms with Crippen LogP contribution in [0.3, 0.4) is 0 Å². The van der Waals surface area contributed by atoms with Crippen molar-refractivity contribution in [2.75, 3.05) is 5.32 Å². The van der Waals surface area contributed by atoms with E-state index in [-0.39, 0.29) is 23.3 Å². The Bertz CT molecular complexity index is 1180. The van der Waals surface area contributed by atoms with Crippen molar-refractivity contribution in [2.45, 2.75) is 45.7 Å². The normalized spacial score (nSPS) is 13.3. The summed E-state index contributed by atoms with van der Waals surface area (Å²) in [6.45, 7) is 5.51. The minimum absolute atomic E-state index is 0.0209. The van der Waals surface area contributed by atoms with Crippen molar-refractivity contribution in [3.05, 3.63) is 65.4 Å². The van der Waals surface area contributed by atoms with Crippen LogP contribution in [0, 0.1) is 18.2 Å². The summed E-state index contributed by atoms with van der Waals surface area (Å²) in [5.74, 6) is 4.88. The Morgan fingerprint density at radius 2 is 2.09 bits per heavy atom. The number of anilines is 1. The monoisotopic (exact) mass is 435 g/mol. The molecule has 1 amide bonds. The van der Waals surface area contributed by atoms with Gasteiger partial charge in [0.2, 0.25) is 0 Å². The summed E-state index contributed by atoms with van der Waals surface area (Å²) in [5.41, 5.74) is 2.53. The van der Waals surface area contributed by atoms with Crippen molar-refractivity contribution in [3.63, 3.8) is 0 Å².